The molecule has 0 aromatic rings. The molecule has 0 radical (unpaired) electrons. The van der Waals surface area contributed by atoms with Gasteiger partial charge in [-0.05, 0) is 27.7 Å². The van der Waals surface area contributed by atoms with E-state index in [9.17, 15) is 0 Å². The molecule has 0 aliphatic rings. The summed E-state index contributed by atoms with van der Waals surface area (Å²) in [6.07, 6.45) is 5.64. The second-order valence-corrected chi connectivity index (χ2v) is 2.92. The minimum atomic E-state index is 1.11. The molecular weight excluding hydrogens is 136 g/mol. The van der Waals surface area contributed by atoms with E-state index in [1.807, 2.05) is 33.9 Å². The molecule has 0 rings (SSSR count). The Morgan fingerprint density at radius 3 is 1.64 bits per heavy atom. The lowest BCUT2D eigenvalue weighted by Gasteiger charge is -2.04. The lowest BCUT2D eigenvalue weighted by Crippen LogP contribution is -2.00. The van der Waals surface area contributed by atoms with Gasteiger partial charge in [-0.1, -0.05) is 11.1 Å². The molecule has 0 saturated carbocycles. The molecule has 0 amide bonds. The molecule has 0 aromatic heterocycles. The summed E-state index contributed by atoms with van der Waals surface area (Å²) in [5.74, 6) is 0. The van der Waals surface area contributed by atoms with Crippen molar-refractivity contribution in [3.05, 3.63) is 23.5 Å². The van der Waals surface area contributed by atoms with E-state index in [4.69, 9.17) is 5.26 Å². The average molecular weight is 150 g/mol. The fourth-order valence-electron chi connectivity index (χ4n) is 0.651. The number of hydrogen-bond acceptors (Lipinski definition) is 2. The standard InChI is InChI=1S/C9H14N2/c1-8(2)5-11(7-10)6-9(3)4/h5-6H,1-4H3. The minimum absolute atomic E-state index is 1.11. The Hall–Kier alpha value is -1.23. The molecule has 2 nitrogen and oxygen atoms in total. The van der Waals surface area contributed by atoms with Crippen LogP contribution in [0.2, 0.25) is 0 Å². The second kappa shape index (κ2) is 4.56. The fourth-order valence-corrected chi connectivity index (χ4v) is 0.651. The molecule has 0 spiro atoms. The van der Waals surface area contributed by atoms with Crippen molar-refractivity contribution in [2.24, 2.45) is 0 Å². The van der Waals surface area contributed by atoms with Crippen molar-refractivity contribution in [3.8, 4) is 6.19 Å². The van der Waals surface area contributed by atoms with Crippen LogP contribution in [-0.4, -0.2) is 4.90 Å². The Bertz CT molecular complexity index is 192. The Balaban J connectivity index is 4.35. The first kappa shape index (κ1) is 9.77. The lowest BCUT2D eigenvalue weighted by molar-refractivity contribution is 0.698. The molecule has 0 atom stereocenters. The van der Waals surface area contributed by atoms with Crippen LogP contribution in [-0.2, 0) is 0 Å². The molecule has 0 unspecified atom stereocenters. The van der Waals surface area contributed by atoms with Gasteiger partial charge in [-0.3, -0.25) is 4.90 Å². The van der Waals surface area contributed by atoms with Crippen LogP contribution in [0.25, 0.3) is 0 Å². The first-order valence-corrected chi connectivity index (χ1v) is 3.54. The zero-order valence-electron chi connectivity index (χ0n) is 7.55. The number of nitrogens with zero attached hydrogens (tertiary/aromatic N) is 2. The summed E-state index contributed by atoms with van der Waals surface area (Å²) in [5.41, 5.74) is 2.23. The van der Waals surface area contributed by atoms with E-state index in [2.05, 4.69) is 0 Å². The van der Waals surface area contributed by atoms with Gasteiger partial charge >= 0.3 is 0 Å². The number of nitriles is 1. The van der Waals surface area contributed by atoms with Crippen LogP contribution in [0.4, 0.5) is 0 Å². The van der Waals surface area contributed by atoms with Crippen LogP contribution in [0.15, 0.2) is 23.5 Å². The molecule has 0 aliphatic heterocycles. The van der Waals surface area contributed by atoms with Gasteiger partial charge in [0.25, 0.3) is 0 Å². The van der Waals surface area contributed by atoms with Crippen LogP contribution in [0.5, 0.6) is 0 Å². The third-order valence-electron chi connectivity index (χ3n) is 0.910. The van der Waals surface area contributed by atoms with Crippen molar-refractivity contribution < 1.29 is 0 Å². The highest BCUT2D eigenvalue weighted by atomic mass is 15.1. The van der Waals surface area contributed by atoms with Crippen LogP contribution >= 0.6 is 0 Å². The zero-order valence-corrected chi connectivity index (χ0v) is 7.55. The summed E-state index contributed by atoms with van der Waals surface area (Å²) in [4.78, 5) is 1.50. The number of allylic oxidation sites excluding steroid dienone is 2. The van der Waals surface area contributed by atoms with Crippen molar-refractivity contribution in [2.75, 3.05) is 0 Å². The maximum atomic E-state index is 8.61. The summed E-state index contributed by atoms with van der Waals surface area (Å²) < 4.78 is 0. The maximum absolute atomic E-state index is 8.61. The molecule has 0 heterocycles. The number of hydrogen-bond donors (Lipinski definition) is 0. The van der Waals surface area contributed by atoms with E-state index in [-0.39, 0.29) is 0 Å². The van der Waals surface area contributed by atoms with E-state index in [1.54, 1.807) is 12.4 Å². The third kappa shape index (κ3) is 5.23. The van der Waals surface area contributed by atoms with E-state index in [1.165, 1.54) is 4.90 Å². The van der Waals surface area contributed by atoms with Crippen molar-refractivity contribution in [1.82, 2.24) is 4.90 Å². The van der Waals surface area contributed by atoms with E-state index >= 15 is 0 Å². The lowest BCUT2D eigenvalue weighted by atomic mass is 10.3. The van der Waals surface area contributed by atoms with Crippen LogP contribution < -0.4 is 0 Å². The normalized spacial score (nSPS) is 7.91. The summed E-state index contributed by atoms with van der Waals surface area (Å²) in [5, 5.41) is 8.61. The highest BCUT2D eigenvalue weighted by Gasteiger charge is 1.90. The predicted octanol–water partition coefficient (Wildman–Crippen LogP) is 2.62. The SMILES string of the molecule is CC(C)=CN(C#N)C=C(C)C. The molecule has 0 fully saturated rings. The van der Waals surface area contributed by atoms with Gasteiger partial charge in [-0.25, -0.2) is 0 Å². The van der Waals surface area contributed by atoms with E-state index in [0.717, 1.165) is 11.1 Å². The van der Waals surface area contributed by atoms with Crippen molar-refractivity contribution >= 4 is 0 Å². The summed E-state index contributed by atoms with van der Waals surface area (Å²) in [6, 6.07) is 0. The molecule has 60 valence electrons. The fraction of sp³-hybridized carbons (Fsp3) is 0.444. The Kier molecular flexibility index (Phi) is 4.05. The smallest absolute Gasteiger partial charge is 0.188 e. The van der Waals surface area contributed by atoms with Crippen LogP contribution in [0.3, 0.4) is 0 Å². The van der Waals surface area contributed by atoms with Crippen molar-refractivity contribution in [2.45, 2.75) is 27.7 Å². The topological polar surface area (TPSA) is 27.0 Å². The first-order chi connectivity index (χ1) is 5.06. The molecule has 0 aromatic carbocycles. The summed E-state index contributed by atoms with van der Waals surface area (Å²) >= 11 is 0. The van der Waals surface area contributed by atoms with Crippen LogP contribution in [0, 0.1) is 11.5 Å². The van der Waals surface area contributed by atoms with Gasteiger partial charge in [0, 0.05) is 12.4 Å². The Morgan fingerprint density at radius 2 is 1.45 bits per heavy atom. The van der Waals surface area contributed by atoms with Crippen molar-refractivity contribution in [1.29, 1.82) is 5.26 Å². The largest absolute Gasteiger partial charge is 0.262 e. The average Bonchev–Trinajstić information content (AvgIpc) is 1.84. The Morgan fingerprint density at radius 1 is 1.09 bits per heavy atom. The summed E-state index contributed by atoms with van der Waals surface area (Å²) in [7, 11) is 0. The monoisotopic (exact) mass is 150 g/mol. The van der Waals surface area contributed by atoms with Gasteiger partial charge in [0.15, 0.2) is 6.19 Å². The number of rotatable bonds is 2. The van der Waals surface area contributed by atoms with Gasteiger partial charge in [0.1, 0.15) is 0 Å². The van der Waals surface area contributed by atoms with Gasteiger partial charge < -0.3 is 0 Å². The van der Waals surface area contributed by atoms with Gasteiger partial charge in [0.05, 0.1) is 0 Å². The highest BCUT2D eigenvalue weighted by molar-refractivity contribution is 5.06. The molecule has 0 bridgehead atoms. The predicted molar refractivity (Wildman–Crippen MR) is 46.3 cm³/mol. The molecule has 0 saturated heterocycles. The first-order valence-electron chi connectivity index (χ1n) is 3.54. The molecule has 11 heavy (non-hydrogen) atoms. The third-order valence-corrected chi connectivity index (χ3v) is 0.910. The van der Waals surface area contributed by atoms with Gasteiger partial charge in [-0.15, -0.1) is 0 Å². The van der Waals surface area contributed by atoms with E-state index < -0.39 is 0 Å². The van der Waals surface area contributed by atoms with Gasteiger partial charge in [-0.2, -0.15) is 5.26 Å². The molecule has 2 heteroatoms. The maximum Gasteiger partial charge on any atom is 0.188 e. The van der Waals surface area contributed by atoms with E-state index in [0.29, 0.717) is 0 Å². The quantitative estimate of drug-likeness (QED) is 0.447. The van der Waals surface area contributed by atoms with Crippen LogP contribution in [0.1, 0.15) is 27.7 Å². The highest BCUT2D eigenvalue weighted by Crippen LogP contribution is 1.99. The Labute approximate surface area is 68.4 Å². The second-order valence-electron chi connectivity index (χ2n) is 2.92. The van der Waals surface area contributed by atoms with Gasteiger partial charge in [0.2, 0.25) is 0 Å². The zero-order chi connectivity index (χ0) is 8.85. The molecule has 0 aliphatic carbocycles. The minimum Gasteiger partial charge on any atom is -0.262 e. The van der Waals surface area contributed by atoms with Crippen molar-refractivity contribution in [3.63, 3.8) is 0 Å². The molecule has 0 N–H and O–H groups in total. The molecular formula is C9H14N2. The summed E-state index contributed by atoms with van der Waals surface area (Å²) in [6.45, 7) is 7.85.